The number of anilines is 7. The number of alkyl halides is 6. The van der Waals surface area contributed by atoms with Crippen LogP contribution in [0.25, 0.3) is 33.5 Å². The quantitative estimate of drug-likeness (QED) is 0.0213. The van der Waals surface area contributed by atoms with Crippen molar-refractivity contribution in [2.24, 2.45) is 28.5 Å². The predicted molar refractivity (Wildman–Crippen MR) is 549 cm³/mol. The summed E-state index contributed by atoms with van der Waals surface area (Å²) >= 11 is 18.5. The molecule has 3 aliphatic carbocycles. The Morgan fingerprint density at radius 2 is 0.718 bits per heavy atom. The Morgan fingerprint density at radius 3 is 1.07 bits per heavy atom. The normalized spacial score (nSPS) is 23.0. The number of aromatic nitrogens is 10. The van der Waals surface area contributed by atoms with Gasteiger partial charge in [0.15, 0.2) is 56.3 Å². The first kappa shape index (κ1) is 110. The number of pyridine rings is 4. The van der Waals surface area contributed by atoms with Gasteiger partial charge in [0.05, 0.1) is 118 Å². The molecule has 22 rings (SSSR count). The monoisotopic (exact) mass is 2200 g/mol. The van der Waals surface area contributed by atoms with Gasteiger partial charge >= 0.3 is 0 Å². The maximum Gasteiger partial charge on any atom is 0.260 e. The molecule has 149 heavy (non-hydrogen) atoms. The van der Waals surface area contributed by atoms with E-state index in [-0.39, 0.29) is 81.9 Å². The summed E-state index contributed by atoms with van der Waals surface area (Å²) in [5.74, 6) is -12.1. The van der Waals surface area contributed by atoms with Gasteiger partial charge in [-0.1, -0.05) is 59.1 Å². The number of nitrogen functional groups attached to an aromatic ring is 1. The fourth-order valence-corrected chi connectivity index (χ4v) is 23.8. The number of hydrogen-bond donors (Lipinski definition) is 5. The van der Waals surface area contributed by atoms with E-state index >= 15 is 0 Å². The number of nitrogens with two attached hydrogens (primary N) is 2. The van der Waals surface area contributed by atoms with Crippen LogP contribution in [-0.4, -0.2) is 194 Å². The highest BCUT2D eigenvalue weighted by molar-refractivity contribution is 7.91. The molecule has 8 aliphatic heterocycles. The summed E-state index contributed by atoms with van der Waals surface area (Å²) in [7, 11) is -14.0. The van der Waals surface area contributed by atoms with E-state index < -0.39 is 105 Å². The second-order valence-corrected chi connectivity index (χ2v) is 48.5. The Hall–Kier alpha value is -10.5. The minimum absolute atomic E-state index is 0.00853. The number of sulfone groups is 4. The van der Waals surface area contributed by atoms with Crippen LogP contribution in [-0.2, 0) is 106 Å². The molecule has 7 N–H and O–H groups in total. The molecule has 6 unspecified atom stereocenters. The first-order valence-electron chi connectivity index (χ1n) is 49.5. The van der Waals surface area contributed by atoms with Crippen LogP contribution in [0.15, 0.2) is 122 Å². The van der Waals surface area contributed by atoms with Crippen molar-refractivity contribution in [3.63, 3.8) is 0 Å². The first-order valence-corrected chi connectivity index (χ1v) is 58.2. The van der Waals surface area contributed by atoms with Crippen molar-refractivity contribution in [3.05, 3.63) is 169 Å². The van der Waals surface area contributed by atoms with Crippen molar-refractivity contribution >= 4 is 176 Å². The third-order valence-electron chi connectivity index (χ3n) is 27.6. The molecule has 10 atom stereocenters. The molecule has 7 saturated heterocycles. The fourth-order valence-electron chi connectivity index (χ4n) is 19.7. The van der Waals surface area contributed by atoms with Gasteiger partial charge in [-0.05, 0) is 226 Å². The number of ether oxygens (including phenoxy) is 7. The van der Waals surface area contributed by atoms with Crippen molar-refractivity contribution in [1.82, 2.24) is 48.6 Å². The molecule has 800 valence electrons. The van der Waals surface area contributed by atoms with E-state index in [1.165, 1.54) is 6.26 Å². The van der Waals surface area contributed by atoms with E-state index in [1.807, 2.05) is 65.7 Å². The highest BCUT2D eigenvalue weighted by Crippen LogP contribution is 2.53. The van der Waals surface area contributed by atoms with E-state index in [0.717, 1.165) is 181 Å². The molecule has 11 aromatic rings. The number of carbonyl (C=O) groups is 3. The highest BCUT2D eigenvalue weighted by atomic mass is 35.5. The van der Waals surface area contributed by atoms with Gasteiger partial charge in [0.25, 0.3) is 17.8 Å². The van der Waals surface area contributed by atoms with Gasteiger partial charge in [0, 0.05) is 122 Å². The molecule has 3 saturated carbocycles. The van der Waals surface area contributed by atoms with Gasteiger partial charge in [0.2, 0.25) is 5.91 Å². The van der Waals surface area contributed by atoms with Crippen LogP contribution in [0.4, 0.5) is 71.8 Å². The molecule has 0 bridgehead atoms. The fraction of sp³-hybridized carbons (Fsp3) is 0.500. The van der Waals surface area contributed by atoms with E-state index in [1.54, 1.807) is 72.8 Å². The van der Waals surface area contributed by atoms with Gasteiger partial charge in [-0.15, -0.1) is 0 Å². The summed E-state index contributed by atoms with van der Waals surface area (Å²) in [6.07, 6.45) is 18.9. The van der Waals surface area contributed by atoms with E-state index in [9.17, 15) is 74.4 Å². The number of nitrogens with zero attached hydrogens (tertiary/aromatic N) is 11. The van der Waals surface area contributed by atoms with Crippen molar-refractivity contribution in [1.29, 1.82) is 0 Å². The third-order valence-corrected chi connectivity index (χ3v) is 32.8. The number of amides is 1. The minimum atomic E-state index is -3.64. The standard InChI is InChI=1S/C28H32F2N4O5S.C24H25F2N3O4S.C23H27ClN4O4S.C12H13Cl2N3O.C11H15NO3S.C4H5F2NO/c1-16-31-26-21(33-20-9-8-17(23-6-5-11-38-23)12-24(20)40(2,36)37)13-18(14-22(35)19-15-28(19,29)30)32-27(26)34(16)25-7-3-4-10-39-25;1-13-8-18-23(27-13)19(10-15(28-18)11-20(30)16-12-24(16,25)26)29-17-6-5-14(21-4-3-7-33-21)9-22(17)34(2,31)32;1-14-25-22-17(13-20(24)27-23(22)28(14)21-7-3-4-10-32-21)26-16-9-8-15(18-6-5-11-31-18)12-19(16)33(2,29)30;1-7-15-11-8(13)6-9(14)16-12(11)17(7)10-4-2-3-5-18-10;1-16(13,14)11-7-8(4-5-9(11)12)10-3-2-6-15-10;5-4(6)1-2(4)3(7)8/h8-9,12-13,19,23,25H,3-7,10-11,14-15H2,1-2H3,(H,32,33);5-6,9-10,16,21H,3-4,7-8,11-12H2,1-2H3,(H,28,29);8-9,12-13,18,21H,3-7,10-11H2,1-2H3,(H,26,27);6,10H,2-5H2,1H3;4-5,7,10H,2-3,6,12H2,1H3;2H,1H2,(H2,7,8)/t19?,23-,25?;16?,21-;18-,21?;;10-;/m110.0./s1. The summed E-state index contributed by atoms with van der Waals surface area (Å²) in [5, 5.41) is 10.9. The molecule has 4 aromatic carbocycles. The molecule has 1 amide bonds. The molecule has 0 spiro atoms. The number of halogens is 9. The maximum atomic E-state index is 13.6. The Labute approximate surface area is 873 Å². The number of Topliss-reactive ketones (excluding diaryl/α,β-unsaturated/α-hetero) is 2. The molecule has 47 heteroatoms. The SMILES string of the molecule is CC1=Nc2c(Nc3ccc([C@H]4CCCO4)cc3S(C)(=O)=O)cc(CC(=O)C3CC3(F)F)nc2C1.CS(=O)(=O)c1cc([C@@H]2CCCO2)ccc1N.Cc1nc2c(Cl)cc(Cl)nc2n1C1CCCCO1.Cc1nc2c(Nc3ccc([C@@H]4CCCO4)cc3S(C)(=O)=O)cc(Cl)nc2n1C1CCCCO1.Cc1nc2c(Nc3ccc([C@H]4CCCO4)cc3S(C)(=O)=O)cc(CC(=O)C3CC3(F)F)nc2n1C1CCCCO1.NC(=O)C1CC1(F)F. The van der Waals surface area contributed by atoms with Crippen LogP contribution in [0, 0.1) is 38.5 Å². The van der Waals surface area contributed by atoms with Crippen LogP contribution in [0.5, 0.6) is 0 Å². The Kier molecular flexibility index (Phi) is 32.9. The lowest BCUT2D eigenvalue weighted by atomic mass is 10.1. The lowest BCUT2D eigenvalue weighted by molar-refractivity contribution is -0.122. The number of benzene rings is 4. The summed E-state index contributed by atoms with van der Waals surface area (Å²) in [6.45, 7) is 12.3. The maximum absolute atomic E-state index is 13.6. The van der Waals surface area contributed by atoms with Crippen LogP contribution in [0.3, 0.4) is 0 Å². The van der Waals surface area contributed by atoms with Gasteiger partial charge in [-0.3, -0.25) is 38.1 Å². The Balaban J connectivity index is 0.000000128. The van der Waals surface area contributed by atoms with Crippen molar-refractivity contribution in [3.8, 4) is 0 Å². The summed E-state index contributed by atoms with van der Waals surface area (Å²) < 4.78 is 223. The zero-order chi connectivity index (χ0) is 106. The van der Waals surface area contributed by atoms with Gasteiger partial charge in [0.1, 0.15) is 86.2 Å². The number of rotatable bonds is 24. The molecule has 10 fully saturated rings. The Bertz CT molecular complexity index is 7490. The number of carbonyl (C=O) groups excluding carboxylic acids is 3. The molecule has 34 nitrogen and oxygen atoms in total. The number of fused-ring (bicyclic) bond motifs is 4. The predicted octanol–water partition coefficient (Wildman–Crippen LogP) is 20.2. The molecule has 0 radical (unpaired) electrons. The van der Waals surface area contributed by atoms with E-state index in [2.05, 4.69) is 51.6 Å². The zero-order valence-electron chi connectivity index (χ0n) is 83.2. The number of aryl methyl sites for hydroxylation is 3. The summed E-state index contributed by atoms with van der Waals surface area (Å²) in [5.41, 5.74) is 22.8. The second-order valence-electron chi connectivity index (χ2n) is 39.4. The lowest BCUT2D eigenvalue weighted by Crippen LogP contribution is -2.20. The third kappa shape index (κ3) is 25.9. The largest absolute Gasteiger partial charge is 0.398 e. The minimum Gasteiger partial charge on any atom is -0.398 e. The average molecular weight is 2200 g/mol. The number of hydrogen-bond acceptors (Lipinski definition) is 30. The van der Waals surface area contributed by atoms with Crippen LogP contribution < -0.4 is 27.4 Å². The Morgan fingerprint density at radius 1 is 0.389 bits per heavy atom. The molecular formula is C102H117Cl3F6N16O18S4. The zero-order valence-corrected chi connectivity index (χ0v) is 88.7. The van der Waals surface area contributed by atoms with Crippen LogP contribution in [0.2, 0.25) is 15.3 Å². The number of aliphatic imine (C=N–C) groups is 1. The molecule has 7 aromatic heterocycles. The molecular weight excluding hydrogens is 2090 g/mol. The van der Waals surface area contributed by atoms with Crippen molar-refractivity contribution < 1.29 is 108 Å². The van der Waals surface area contributed by atoms with E-state index in [0.29, 0.717) is 157 Å². The number of nitrogens with one attached hydrogen (secondary N) is 3. The summed E-state index contributed by atoms with van der Waals surface area (Å²) in [6, 6.07) is 27.3. The number of imidazole rings is 3. The number of primary amides is 1. The van der Waals surface area contributed by atoms with Crippen LogP contribution >= 0.6 is 34.8 Å². The first-order chi connectivity index (χ1) is 70.5. The average Bonchev–Trinajstić information content (AvgIpc) is 1.62. The number of ketones is 2. The van der Waals surface area contributed by atoms with Gasteiger partial charge < -0.3 is 60.6 Å². The lowest BCUT2D eigenvalue weighted by Gasteiger charge is -2.25. The summed E-state index contributed by atoms with van der Waals surface area (Å²) in [4.78, 5) is 72.0. The molecule has 11 aliphatic rings. The highest BCUT2D eigenvalue weighted by Gasteiger charge is 2.62. The van der Waals surface area contributed by atoms with Crippen molar-refractivity contribution in [2.75, 3.05) is 93.0 Å². The van der Waals surface area contributed by atoms with Gasteiger partial charge in [-0.25, -0.2) is 89.9 Å². The molecule has 15 heterocycles. The van der Waals surface area contributed by atoms with Crippen LogP contribution in [0.1, 0.15) is 235 Å². The topological polar surface area (TPSA) is 458 Å². The second kappa shape index (κ2) is 44.7. The van der Waals surface area contributed by atoms with Crippen molar-refractivity contribution in [2.45, 2.75) is 256 Å². The smallest absolute Gasteiger partial charge is 0.260 e. The van der Waals surface area contributed by atoms with E-state index in [4.69, 9.17) is 83.7 Å². The van der Waals surface area contributed by atoms with Gasteiger partial charge in [-0.2, -0.15) is 0 Å².